The van der Waals surface area contributed by atoms with Crippen molar-refractivity contribution < 1.29 is 9.72 Å². The zero-order chi connectivity index (χ0) is 17.6. The summed E-state index contributed by atoms with van der Waals surface area (Å²) in [6, 6.07) is 6.18. The Labute approximate surface area is 145 Å². The third-order valence-electron chi connectivity index (χ3n) is 4.46. The number of imidazole rings is 1. The molecule has 132 valence electrons. The van der Waals surface area contributed by atoms with Crippen LogP contribution in [0.1, 0.15) is 5.56 Å². The van der Waals surface area contributed by atoms with E-state index in [2.05, 4.69) is 9.88 Å². The van der Waals surface area contributed by atoms with Gasteiger partial charge in [-0.3, -0.25) is 19.8 Å². The quantitative estimate of drug-likeness (QED) is 0.581. The van der Waals surface area contributed by atoms with Gasteiger partial charge in [-0.2, -0.15) is 0 Å². The van der Waals surface area contributed by atoms with Crippen molar-refractivity contribution in [2.24, 2.45) is 0 Å². The number of piperazine rings is 1. The summed E-state index contributed by atoms with van der Waals surface area (Å²) in [5, 5.41) is 10.7. The predicted molar refractivity (Wildman–Crippen MR) is 92.0 cm³/mol. The molecular weight excluding hydrogens is 322 g/mol. The number of benzene rings is 1. The molecular formula is C17H21N5O3. The fourth-order valence-electron chi connectivity index (χ4n) is 2.92. The van der Waals surface area contributed by atoms with E-state index in [1.54, 1.807) is 18.3 Å². The van der Waals surface area contributed by atoms with E-state index in [9.17, 15) is 14.9 Å². The van der Waals surface area contributed by atoms with E-state index < -0.39 is 4.92 Å². The first-order valence-corrected chi connectivity index (χ1v) is 8.31. The number of carbonyl (C=O) groups is 1. The molecule has 0 spiro atoms. The highest BCUT2D eigenvalue weighted by molar-refractivity contribution is 5.79. The monoisotopic (exact) mass is 343 g/mol. The number of nitrogens with zero attached hydrogens (tertiary/aromatic N) is 5. The van der Waals surface area contributed by atoms with Crippen molar-refractivity contribution in [2.45, 2.75) is 13.0 Å². The number of hydrogen-bond acceptors (Lipinski definition) is 5. The van der Waals surface area contributed by atoms with Gasteiger partial charge in [-0.1, -0.05) is 12.1 Å². The smallest absolute Gasteiger partial charge is 0.269 e. The molecule has 2 aromatic rings. The molecule has 8 nitrogen and oxygen atoms in total. The lowest BCUT2D eigenvalue weighted by atomic mass is 10.1. The Morgan fingerprint density at radius 3 is 2.44 bits per heavy atom. The van der Waals surface area contributed by atoms with Gasteiger partial charge in [0, 0.05) is 63.8 Å². The fraction of sp³-hybridized carbons (Fsp3) is 0.412. The van der Waals surface area contributed by atoms with Crippen molar-refractivity contribution in [2.75, 3.05) is 32.7 Å². The number of nitro benzene ring substituents is 1. The van der Waals surface area contributed by atoms with E-state index in [4.69, 9.17) is 0 Å². The maximum Gasteiger partial charge on any atom is 0.269 e. The van der Waals surface area contributed by atoms with Gasteiger partial charge in [-0.25, -0.2) is 4.98 Å². The molecule has 1 amide bonds. The van der Waals surface area contributed by atoms with E-state index in [1.807, 2.05) is 22.0 Å². The van der Waals surface area contributed by atoms with Crippen LogP contribution in [0.15, 0.2) is 43.0 Å². The molecule has 0 atom stereocenters. The number of rotatable bonds is 6. The van der Waals surface area contributed by atoms with E-state index >= 15 is 0 Å². The maximum absolute atomic E-state index is 12.4. The van der Waals surface area contributed by atoms with E-state index in [1.165, 1.54) is 12.1 Å². The lowest BCUT2D eigenvalue weighted by Gasteiger charge is -2.34. The van der Waals surface area contributed by atoms with Crippen molar-refractivity contribution >= 4 is 11.6 Å². The molecule has 1 aromatic carbocycles. The van der Waals surface area contributed by atoms with E-state index in [0.717, 1.165) is 44.8 Å². The van der Waals surface area contributed by atoms with Gasteiger partial charge in [0.25, 0.3) is 5.69 Å². The van der Waals surface area contributed by atoms with Gasteiger partial charge < -0.3 is 9.47 Å². The van der Waals surface area contributed by atoms with Crippen LogP contribution >= 0.6 is 0 Å². The largest absolute Gasteiger partial charge is 0.340 e. The third-order valence-corrected chi connectivity index (χ3v) is 4.46. The summed E-state index contributed by atoms with van der Waals surface area (Å²) < 4.78 is 2.05. The van der Waals surface area contributed by atoms with Crippen LogP contribution in [0, 0.1) is 10.1 Å². The summed E-state index contributed by atoms with van der Waals surface area (Å²) in [5.41, 5.74) is 0.848. The summed E-state index contributed by atoms with van der Waals surface area (Å²) in [5.74, 6) is 0.0723. The van der Waals surface area contributed by atoms with E-state index in [-0.39, 0.29) is 18.0 Å². The molecule has 0 N–H and O–H groups in total. The Balaban J connectivity index is 1.44. The number of nitro groups is 1. The van der Waals surface area contributed by atoms with Crippen LogP contribution in [0.4, 0.5) is 5.69 Å². The van der Waals surface area contributed by atoms with Gasteiger partial charge in [-0.05, 0) is 5.56 Å². The minimum atomic E-state index is -0.436. The number of non-ortho nitro benzene ring substituents is 1. The van der Waals surface area contributed by atoms with Gasteiger partial charge in [0.15, 0.2) is 0 Å². The van der Waals surface area contributed by atoms with Gasteiger partial charge in [-0.15, -0.1) is 0 Å². The normalized spacial score (nSPS) is 15.3. The molecule has 0 saturated carbocycles. The predicted octanol–water partition coefficient (Wildman–Crippen LogP) is 1.18. The van der Waals surface area contributed by atoms with Crippen LogP contribution in [-0.2, 0) is 17.8 Å². The van der Waals surface area contributed by atoms with Crippen molar-refractivity contribution in [3.63, 3.8) is 0 Å². The molecule has 2 heterocycles. The molecule has 1 fully saturated rings. The molecule has 0 unspecified atom stereocenters. The number of hydrogen-bond donors (Lipinski definition) is 0. The molecule has 0 radical (unpaired) electrons. The molecule has 3 rings (SSSR count). The van der Waals surface area contributed by atoms with Crippen LogP contribution in [0.5, 0.6) is 0 Å². The Morgan fingerprint density at radius 1 is 1.12 bits per heavy atom. The van der Waals surface area contributed by atoms with Crippen LogP contribution in [0.3, 0.4) is 0 Å². The van der Waals surface area contributed by atoms with Gasteiger partial charge in [0.05, 0.1) is 17.7 Å². The van der Waals surface area contributed by atoms with Crippen LogP contribution in [0.25, 0.3) is 0 Å². The Kier molecular flexibility index (Phi) is 5.39. The lowest BCUT2D eigenvalue weighted by Crippen LogP contribution is -2.49. The molecule has 8 heteroatoms. The van der Waals surface area contributed by atoms with Crippen LogP contribution < -0.4 is 0 Å². The Hall–Kier alpha value is -2.74. The molecule has 0 aliphatic carbocycles. The second-order valence-electron chi connectivity index (χ2n) is 6.12. The summed E-state index contributed by atoms with van der Waals surface area (Å²) in [4.78, 5) is 30.9. The molecule has 1 aliphatic heterocycles. The zero-order valence-electron chi connectivity index (χ0n) is 14.0. The second kappa shape index (κ2) is 7.89. The standard InChI is InChI=1S/C17H21N5O3/c23-17(13-15-1-3-16(4-2-15)22(24)25)21-11-9-19(10-12-21)7-8-20-6-5-18-14-20/h1-6,14H,7-13H2. The first kappa shape index (κ1) is 17.1. The molecule has 1 saturated heterocycles. The molecule has 1 aliphatic rings. The number of carbonyl (C=O) groups excluding carboxylic acids is 1. The van der Waals surface area contributed by atoms with Crippen LogP contribution in [0.2, 0.25) is 0 Å². The van der Waals surface area contributed by atoms with E-state index in [0.29, 0.717) is 0 Å². The van der Waals surface area contributed by atoms with Crippen molar-refractivity contribution in [3.05, 3.63) is 58.7 Å². The van der Waals surface area contributed by atoms with Gasteiger partial charge in [0.2, 0.25) is 5.91 Å². The zero-order valence-corrected chi connectivity index (χ0v) is 14.0. The first-order chi connectivity index (χ1) is 12.1. The lowest BCUT2D eigenvalue weighted by molar-refractivity contribution is -0.384. The molecule has 1 aromatic heterocycles. The summed E-state index contributed by atoms with van der Waals surface area (Å²) in [6.07, 6.45) is 5.82. The van der Waals surface area contributed by atoms with Crippen molar-refractivity contribution in [1.82, 2.24) is 19.4 Å². The molecule has 25 heavy (non-hydrogen) atoms. The van der Waals surface area contributed by atoms with Crippen molar-refractivity contribution in [3.8, 4) is 0 Å². The molecule has 0 bridgehead atoms. The SMILES string of the molecule is O=C(Cc1ccc([N+](=O)[O-])cc1)N1CCN(CCn2ccnc2)CC1. The first-order valence-electron chi connectivity index (χ1n) is 8.31. The highest BCUT2D eigenvalue weighted by Gasteiger charge is 2.21. The fourth-order valence-corrected chi connectivity index (χ4v) is 2.92. The summed E-state index contributed by atoms with van der Waals surface area (Å²) in [6.45, 7) is 5.00. The average molecular weight is 343 g/mol. The van der Waals surface area contributed by atoms with Crippen molar-refractivity contribution in [1.29, 1.82) is 0 Å². The highest BCUT2D eigenvalue weighted by Crippen LogP contribution is 2.13. The second-order valence-corrected chi connectivity index (χ2v) is 6.12. The van der Waals surface area contributed by atoms with Gasteiger partial charge >= 0.3 is 0 Å². The maximum atomic E-state index is 12.4. The van der Waals surface area contributed by atoms with Crippen LogP contribution in [-0.4, -0.2) is 62.9 Å². The Bertz CT molecular complexity index is 706. The minimum absolute atomic E-state index is 0.0442. The number of amides is 1. The number of aromatic nitrogens is 2. The van der Waals surface area contributed by atoms with Gasteiger partial charge in [0.1, 0.15) is 0 Å². The topological polar surface area (TPSA) is 84.5 Å². The third kappa shape index (κ3) is 4.63. The summed E-state index contributed by atoms with van der Waals surface area (Å²) >= 11 is 0. The minimum Gasteiger partial charge on any atom is -0.340 e. The summed E-state index contributed by atoms with van der Waals surface area (Å²) in [7, 11) is 0. The highest BCUT2D eigenvalue weighted by atomic mass is 16.6. The average Bonchev–Trinajstić information content (AvgIpc) is 3.14. The Morgan fingerprint density at radius 2 is 1.84 bits per heavy atom.